The number of nitrogens with zero attached hydrogens (tertiary/aromatic N) is 16. The highest BCUT2D eigenvalue weighted by Crippen LogP contribution is 2.21. The smallest absolute Gasteiger partial charge is 0.196 e. The fourth-order valence-corrected chi connectivity index (χ4v) is 11.1. The molecule has 17 nitrogen and oxygen atoms in total. The van der Waals surface area contributed by atoms with E-state index in [1.165, 1.54) is 211 Å². The number of nitrogens with one attached hydrogen (secondary N) is 1. The Morgan fingerprint density at radius 3 is 1.60 bits per heavy atom. The maximum atomic E-state index is 4.58. The maximum Gasteiger partial charge on any atom is 0.196 e. The molecule has 6 saturated heterocycles. The van der Waals surface area contributed by atoms with E-state index in [0.29, 0.717) is 0 Å². The van der Waals surface area contributed by atoms with E-state index in [-0.39, 0.29) is 0 Å². The van der Waals surface area contributed by atoms with Gasteiger partial charge in [0.25, 0.3) is 0 Å². The normalized spacial score (nSPS) is 25.4. The Morgan fingerprint density at radius 2 is 0.940 bits per heavy atom. The second-order valence-corrected chi connectivity index (χ2v) is 20.3. The first-order chi connectivity index (χ1) is 32.8. The Bertz CT molecular complexity index is 1690. The van der Waals surface area contributed by atoms with Crippen LogP contribution in [0, 0.1) is 5.92 Å². The van der Waals surface area contributed by atoms with Crippen molar-refractivity contribution >= 4 is 29.8 Å². The number of likely N-dealkylation sites (N-methyl/N-ethyl adjacent to an activating group) is 1. The predicted octanol–water partition coefficient (Wildman–Crippen LogP) is 3.47. The minimum atomic E-state index is 0.736. The molecule has 0 saturated carbocycles. The second-order valence-electron chi connectivity index (χ2n) is 20.3. The Kier molecular flexibility index (Phi) is 20.0. The molecule has 12 aliphatic heterocycles. The van der Waals surface area contributed by atoms with Crippen molar-refractivity contribution in [2.45, 2.75) is 90.9 Å². The van der Waals surface area contributed by atoms with E-state index in [0.717, 1.165) is 64.2 Å². The van der Waals surface area contributed by atoms with Crippen LogP contribution in [-0.4, -0.2) is 269 Å². The molecule has 0 aromatic carbocycles. The monoisotopic (exact) mass is 932 g/mol. The molecule has 0 bridgehead atoms. The van der Waals surface area contributed by atoms with Crippen LogP contribution >= 0.6 is 0 Å². The van der Waals surface area contributed by atoms with Gasteiger partial charge in [0, 0.05) is 185 Å². The molecular weight excluding hydrogens is 839 g/mol. The van der Waals surface area contributed by atoms with E-state index in [4.69, 9.17) is 0 Å². The van der Waals surface area contributed by atoms with Crippen LogP contribution in [0.4, 0.5) is 0 Å². The van der Waals surface area contributed by atoms with Crippen LogP contribution in [0.3, 0.4) is 0 Å². The van der Waals surface area contributed by atoms with Crippen LogP contribution in [0.1, 0.15) is 90.9 Å². The lowest BCUT2D eigenvalue weighted by Gasteiger charge is -2.40. The molecule has 6 fully saturated rings. The average molecular weight is 932 g/mol. The van der Waals surface area contributed by atoms with Crippen LogP contribution in [-0.2, 0) is 0 Å². The van der Waals surface area contributed by atoms with Crippen molar-refractivity contribution in [3.8, 4) is 0 Å². The van der Waals surface area contributed by atoms with Gasteiger partial charge in [-0.1, -0.05) is 6.92 Å². The number of guanidine groups is 5. The van der Waals surface area contributed by atoms with Crippen molar-refractivity contribution in [1.82, 2.24) is 59.2 Å². The summed E-state index contributed by atoms with van der Waals surface area (Å²) in [7, 11) is 8.60. The summed E-state index contributed by atoms with van der Waals surface area (Å²) < 4.78 is 0. The van der Waals surface area contributed by atoms with Gasteiger partial charge < -0.3 is 59.2 Å². The van der Waals surface area contributed by atoms with Gasteiger partial charge in [0.05, 0.1) is 5.82 Å². The lowest BCUT2D eigenvalue weighted by molar-refractivity contribution is 0.184. The van der Waals surface area contributed by atoms with Crippen LogP contribution in [0.5, 0.6) is 0 Å². The van der Waals surface area contributed by atoms with Crippen LogP contribution in [0.15, 0.2) is 36.9 Å². The number of rotatable bonds is 1. The third kappa shape index (κ3) is 14.6. The second kappa shape index (κ2) is 26.4. The molecule has 12 heterocycles. The van der Waals surface area contributed by atoms with Crippen molar-refractivity contribution in [1.29, 1.82) is 0 Å². The number of fused-ring (bicyclic) bond motifs is 6. The van der Waals surface area contributed by atoms with Gasteiger partial charge in [0.2, 0.25) is 0 Å². The highest BCUT2D eigenvalue weighted by Gasteiger charge is 2.28. The Hall–Kier alpha value is -4.31. The minimum Gasteiger partial charge on any atom is -0.362 e. The standard InChI is InChI=1S/C10H18N2.2C9H17N3.C8H15N3.2C7H13N3/c1-11-7-5-9-12-8-4-2-3-6-10(11)12;1-8-6-10-9-11(2)4-3-5-12(9)7-8;1-2-11-7-4-8-12-6-3-5-10-9(11)12;1-10-5-3-7-11-6-2-4-9-8(10)11;1-9-5-6-10-4-2-3-8-7(9)10;1-3-8-7-9-4-2-6-10(7)5-1/h6H,2-5,7-9H2,1H3;8H,3-7H2,1-2H3;2-8H2,1H3;2-7H2,1H3;2-6H2,1H3;1-6H2,(H,8,9). The molecule has 0 radical (unpaired) electrons. The maximum absolute atomic E-state index is 4.58. The van der Waals surface area contributed by atoms with Gasteiger partial charge in [-0.25, -0.2) is 0 Å². The highest BCUT2D eigenvalue weighted by molar-refractivity contribution is 5.83. The van der Waals surface area contributed by atoms with Crippen molar-refractivity contribution in [2.75, 3.05) is 185 Å². The van der Waals surface area contributed by atoms with Crippen LogP contribution < -0.4 is 5.32 Å². The summed E-state index contributed by atoms with van der Waals surface area (Å²) in [5, 5.41) is 3.30. The lowest BCUT2D eigenvalue weighted by atomic mass is 10.1. The molecule has 67 heavy (non-hydrogen) atoms. The summed E-state index contributed by atoms with van der Waals surface area (Å²) in [5.74, 6) is 8.28. The van der Waals surface area contributed by atoms with Crippen molar-refractivity contribution in [3.05, 3.63) is 11.9 Å². The SMILES string of the molecule is C1CN=C2NCCCN2C1.CC1CN=C2N(C)CCCN2C1.CCN1CCCN2CCCN=C12.CN1CCCN2CCCCC=C12.CN1CCCN2CCCN=C12.CN1CCN2CCCN=C12. The Balaban J connectivity index is 0.000000119. The number of allylic oxidation sites excluding steroid dienone is 1. The van der Waals surface area contributed by atoms with E-state index in [1.54, 1.807) is 0 Å². The molecule has 17 heteroatoms. The first kappa shape index (κ1) is 50.6. The molecule has 0 aromatic heterocycles. The van der Waals surface area contributed by atoms with E-state index in [1.807, 2.05) is 0 Å². The Morgan fingerprint density at radius 1 is 0.448 bits per heavy atom. The van der Waals surface area contributed by atoms with Gasteiger partial charge >= 0.3 is 0 Å². The lowest BCUT2D eigenvalue weighted by Crippen LogP contribution is -2.52. The van der Waals surface area contributed by atoms with Gasteiger partial charge in [-0.3, -0.25) is 25.0 Å². The predicted molar refractivity (Wildman–Crippen MR) is 279 cm³/mol. The molecule has 0 aromatic rings. The molecule has 0 spiro atoms. The van der Waals surface area contributed by atoms with E-state index < -0.39 is 0 Å². The zero-order valence-electron chi connectivity index (χ0n) is 43.3. The summed E-state index contributed by atoms with van der Waals surface area (Å²) in [4.78, 5) is 48.5. The van der Waals surface area contributed by atoms with E-state index >= 15 is 0 Å². The van der Waals surface area contributed by atoms with E-state index in [2.05, 4.69) is 132 Å². The van der Waals surface area contributed by atoms with Gasteiger partial charge in [-0.2, -0.15) is 0 Å². The molecular formula is C50H93N17. The summed E-state index contributed by atoms with van der Waals surface area (Å²) in [6, 6.07) is 0. The average Bonchev–Trinajstić information content (AvgIpc) is 3.57. The molecule has 0 aliphatic carbocycles. The summed E-state index contributed by atoms with van der Waals surface area (Å²) in [5.41, 5.74) is 0. The zero-order valence-corrected chi connectivity index (χ0v) is 43.3. The molecule has 0 amide bonds. The zero-order chi connectivity index (χ0) is 46.8. The topological polar surface area (TPSA) is 109 Å². The first-order valence-corrected chi connectivity index (χ1v) is 27.0. The van der Waals surface area contributed by atoms with Gasteiger partial charge in [-0.15, -0.1) is 0 Å². The van der Waals surface area contributed by atoms with Gasteiger partial charge in [0.15, 0.2) is 29.8 Å². The number of aliphatic imine (C=N–C) groups is 5. The molecule has 1 atom stereocenters. The molecule has 12 rings (SSSR count). The fourth-order valence-electron chi connectivity index (χ4n) is 11.1. The summed E-state index contributed by atoms with van der Waals surface area (Å²) in [6.07, 6.45) is 17.8. The largest absolute Gasteiger partial charge is 0.362 e. The quantitative estimate of drug-likeness (QED) is 0.417. The molecule has 1 N–H and O–H groups in total. The minimum absolute atomic E-state index is 0.736. The highest BCUT2D eigenvalue weighted by atomic mass is 15.4. The van der Waals surface area contributed by atoms with Crippen LogP contribution in [0.25, 0.3) is 0 Å². The van der Waals surface area contributed by atoms with Gasteiger partial charge in [-0.05, 0) is 96.0 Å². The number of hydrogen-bond donors (Lipinski definition) is 1. The third-order valence-corrected chi connectivity index (χ3v) is 14.7. The summed E-state index contributed by atoms with van der Waals surface area (Å²) >= 11 is 0. The van der Waals surface area contributed by atoms with Gasteiger partial charge in [0.1, 0.15) is 0 Å². The number of hydrogen-bond acceptors (Lipinski definition) is 17. The van der Waals surface area contributed by atoms with E-state index in [9.17, 15) is 0 Å². The third-order valence-electron chi connectivity index (χ3n) is 14.7. The molecule has 378 valence electrons. The summed E-state index contributed by atoms with van der Waals surface area (Å²) in [6.45, 7) is 32.3. The first-order valence-electron chi connectivity index (χ1n) is 27.0. The Labute approximate surface area is 406 Å². The fraction of sp³-hybridized carbons (Fsp3) is 0.860. The van der Waals surface area contributed by atoms with Crippen LogP contribution in [0.2, 0.25) is 0 Å². The van der Waals surface area contributed by atoms with Crippen molar-refractivity contribution in [3.63, 3.8) is 0 Å². The van der Waals surface area contributed by atoms with Crippen molar-refractivity contribution in [2.24, 2.45) is 30.9 Å². The molecule has 1 unspecified atom stereocenters. The molecule has 12 aliphatic rings. The van der Waals surface area contributed by atoms with Crippen molar-refractivity contribution < 1.29 is 0 Å².